The van der Waals surface area contributed by atoms with Crippen LogP contribution >= 0.6 is 11.8 Å². The van der Waals surface area contributed by atoms with E-state index in [4.69, 9.17) is 5.73 Å². The summed E-state index contributed by atoms with van der Waals surface area (Å²) in [5, 5.41) is 12.2. The van der Waals surface area contributed by atoms with Crippen molar-refractivity contribution in [3.05, 3.63) is 70.5 Å². The number of para-hydroxylation sites is 1. The Hall–Kier alpha value is -3.60. The molecule has 2 aromatic carbocycles. The lowest BCUT2D eigenvalue weighted by Gasteiger charge is -2.12. The van der Waals surface area contributed by atoms with E-state index in [0.29, 0.717) is 27.6 Å². The number of fused-ring (bicyclic) bond motifs is 1. The molecule has 4 aromatic rings. The predicted octanol–water partition coefficient (Wildman–Crippen LogP) is 1.29. The van der Waals surface area contributed by atoms with Crippen LogP contribution in [-0.2, 0) is 17.1 Å². The summed E-state index contributed by atoms with van der Waals surface area (Å²) in [6, 6.07) is 12.7. The van der Waals surface area contributed by atoms with Gasteiger partial charge in [-0.1, -0.05) is 30.0 Å². The van der Waals surface area contributed by atoms with Crippen LogP contribution in [0.3, 0.4) is 0 Å². The van der Waals surface area contributed by atoms with Gasteiger partial charge in [0, 0.05) is 0 Å². The van der Waals surface area contributed by atoms with E-state index in [1.165, 1.54) is 33.1 Å². The van der Waals surface area contributed by atoms with E-state index in [0.717, 1.165) is 0 Å². The van der Waals surface area contributed by atoms with Crippen molar-refractivity contribution >= 4 is 28.6 Å². The maximum absolute atomic E-state index is 13.5. The summed E-state index contributed by atoms with van der Waals surface area (Å²) in [6.45, 7) is -0.290. The third-order valence-electron chi connectivity index (χ3n) is 4.08. The normalized spacial score (nSPS) is 11.1. The molecule has 9 nitrogen and oxygen atoms in total. The molecule has 0 radical (unpaired) electrons. The second-order valence-corrected chi connectivity index (χ2v) is 6.99. The molecule has 0 fully saturated rings. The van der Waals surface area contributed by atoms with Crippen LogP contribution in [0, 0.1) is 5.82 Å². The minimum Gasteiger partial charge on any atom is -0.368 e. The molecular formula is C18H14FN7O2S. The van der Waals surface area contributed by atoms with E-state index in [-0.39, 0.29) is 17.9 Å². The molecule has 0 saturated heterocycles. The molecule has 146 valence electrons. The van der Waals surface area contributed by atoms with Crippen molar-refractivity contribution in [1.29, 1.82) is 0 Å². The molecule has 0 aliphatic carbocycles. The Kier molecular flexibility index (Phi) is 5.04. The number of benzene rings is 2. The summed E-state index contributed by atoms with van der Waals surface area (Å²) in [5.74, 6) is -0.518. The topological polar surface area (TPSA) is 122 Å². The average molecular weight is 411 g/mol. The van der Waals surface area contributed by atoms with Crippen molar-refractivity contribution in [1.82, 2.24) is 29.8 Å². The highest BCUT2D eigenvalue weighted by Crippen LogP contribution is 2.22. The third-order valence-corrected chi connectivity index (χ3v) is 4.99. The van der Waals surface area contributed by atoms with Crippen molar-refractivity contribution in [3.63, 3.8) is 0 Å². The Bertz CT molecular complexity index is 1270. The van der Waals surface area contributed by atoms with Crippen molar-refractivity contribution in [3.8, 4) is 5.69 Å². The van der Waals surface area contributed by atoms with E-state index in [1.807, 2.05) is 0 Å². The quantitative estimate of drug-likeness (QED) is 0.475. The van der Waals surface area contributed by atoms with Crippen LogP contribution in [0.5, 0.6) is 0 Å². The standard InChI is InChI=1S/C18H14FN7O2S/c19-11-4-3-5-12(8-11)26-18(22-23-24-26)29-10-16-21-14-7-2-1-6-13(14)17(28)25(16)9-15(20)27/h1-8H,9-10H2,(H2,20,27). The molecule has 0 spiro atoms. The van der Waals surface area contributed by atoms with Gasteiger partial charge in [-0.2, -0.15) is 4.68 Å². The van der Waals surface area contributed by atoms with Gasteiger partial charge in [-0.3, -0.25) is 14.2 Å². The summed E-state index contributed by atoms with van der Waals surface area (Å²) < 4.78 is 16.2. The zero-order chi connectivity index (χ0) is 20.4. The second-order valence-electron chi connectivity index (χ2n) is 6.04. The van der Waals surface area contributed by atoms with Gasteiger partial charge in [0.1, 0.15) is 18.2 Å². The minimum atomic E-state index is -0.653. The fraction of sp³-hybridized carbons (Fsp3) is 0.111. The van der Waals surface area contributed by atoms with E-state index in [9.17, 15) is 14.0 Å². The van der Waals surface area contributed by atoms with Gasteiger partial charge in [0.25, 0.3) is 5.56 Å². The SMILES string of the molecule is NC(=O)Cn1c(CSc2nnnn2-c2cccc(F)c2)nc2ccccc2c1=O. The average Bonchev–Trinajstić information content (AvgIpc) is 3.17. The maximum Gasteiger partial charge on any atom is 0.261 e. The van der Waals surface area contributed by atoms with Gasteiger partial charge in [0.2, 0.25) is 11.1 Å². The van der Waals surface area contributed by atoms with Crippen LogP contribution in [0.25, 0.3) is 16.6 Å². The van der Waals surface area contributed by atoms with E-state index in [2.05, 4.69) is 20.5 Å². The molecule has 2 heterocycles. The second kappa shape index (κ2) is 7.80. The van der Waals surface area contributed by atoms with Gasteiger partial charge >= 0.3 is 0 Å². The van der Waals surface area contributed by atoms with Crippen LogP contribution in [-0.4, -0.2) is 35.7 Å². The zero-order valence-electron chi connectivity index (χ0n) is 14.9. The number of thioether (sulfide) groups is 1. The largest absolute Gasteiger partial charge is 0.368 e. The number of nitrogens with zero attached hydrogens (tertiary/aromatic N) is 6. The molecule has 0 saturated carbocycles. The van der Waals surface area contributed by atoms with Gasteiger partial charge in [-0.15, -0.1) is 5.10 Å². The van der Waals surface area contributed by atoms with Gasteiger partial charge in [0.15, 0.2) is 0 Å². The third kappa shape index (κ3) is 3.85. The first-order chi connectivity index (χ1) is 14.0. The fourth-order valence-corrected chi connectivity index (χ4v) is 3.65. The molecule has 0 atom stereocenters. The summed E-state index contributed by atoms with van der Waals surface area (Å²) in [5.41, 5.74) is 5.92. The predicted molar refractivity (Wildman–Crippen MR) is 104 cm³/mol. The van der Waals surface area contributed by atoms with Crippen LogP contribution in [0.2, 0.25) is 0 Å². The Morgan fingerprint density at radius 1 is 1.17 bits per heavy atom. The summed E-state index contributed by atoms with van der Waals surface area (Å²) in [7, 11) is 0. The van der Waals surface area contributed by atoms with Crippen molar-refractivity contribution in [2.24, 2.45) is 5.73 Å². The lowest BCUT2D eigenvalue weighted by Crippen LogP contribution is -2.31. The Morgan fingerprint density at radius 2 is 2.00 bits per heavy atom. The number of carbonyl (C=O) groups excluding carboxylic acids is 1. The smallest absolute Gasteiger partial charge is 0.261 e. The van der Waals surface area contributed by atoms with Crippen molar-refractivity contribution in [2.45, 2.75) is 17.5 Å². The first kappa shape index (κ1) is 18.7. The first-order valence-corrected chi connectivity index (χ1v) is 9.45. The van der Waals surface area contributed by atoms with Crippen LogP contribution in [0.1, 0.15) is 5.82 Å². The number of hydrogen-bond acceptors (Lipinski definition) is 7. The Balaban J connectivity index is 1.70. The number of aromatic nitrogens is 6. The van der Waals surface area contributed by atoms with E-state index < -0.39 is 11.7 Å². The lowest BCUT2D eigenvalue weighted by atomic mass is 10.2. The Labute approximate surface area is 167 Å². The number of halogens is 1. The van der Waals surface area contributed by atoms with Crippen LogP contribution < -0.4 is 11.3 Å². The molecule has 0 unspecified atom stereocenters. The molecule has 11 heteroatoms. The number of tetrazole rings is 1. The molecule has 2 N–H and O–H groups in total. The molecule has 4 rings (SSSR count). The number of amides is 1. The Morgan fingerprint density at radius 3 is 2.79 bits per heavy atom. The zero-order valence-corrected chi connectivity index (χ0v) is 15.7. The summed E-state index contributed by atoms with van der Waals surface area (Å²) >= 11 is 1.20. The number of primary amides is 1. The van der Waals surface area contributed by atoms with E-state index >= 15 is 0 Å². The molecule has 29 heavy (non-hydrogen) atoms. The van der Waals surface area contributed by atoms with Gasteiger partial charge in [-0.25, -0.2) is 9.37 Å². The number of nitrogens with two attached hydrogens (primary N) is 1. The number of hydrogen-bond donors (Lipinski definition) is 1. The lowest BCUT2D eigenvalue weighted by molar-refractivity contribution is -0.118. The maximum atomic E-state index is 13.5. The molecule has 0 bridgehead atoms. The highest BCUT2D eigenvalue weighted by atomic mass is 32.2. The van der Waals surface area contributed by atoms with Crippen LogP contribution in [0.4, 0.5) is 4.39 Å². The van der Waals surface area contributed by atoms with Crippen molar-refractivity contribution in [2.75, 3.05) is 0 Å². The van der Waals surface area contributed by atoms with Crippen LogP contribution in [0.15, 0.2) is 58.5 Å². The molecule has 2 aromatic heterocycles. The minimum absolute atomic E-state index is 0.197. The first-order valence-electron chi connectivity index (χ1n) is 8.47. The summed E-state index contributed by atoms with van der Waals surface area (Å²) in [4.78, 5) is 28.8. The molecule has 0 aliphatic heterocycles. The van der Waals surface area contributed by atoms with Gasteiger partial charge in [0.05, 0.1) is 22.3 Å². The van der Waals surface area contributed by atoms with Crippen molar-refractivity contribution < 1.29 is 9.18 Å². The molecular weight excluding hydrogens is 397 g/mol. The number of rotatable bonds is 6. The monoisotopic (exact) mass is 411 g/mol. The molecule has 1 amide bonds. The highest BCUT2D eigenvalue weighted by molar-refractivity contribution is 7.98. The fourth-order valence-electron chi connectivity index (χ4n) is 2.81. The summed E-state index contributed by atoms with van der Waals surface area (Å²) in [6.07, 6.45) is 0. The molecule has 0 aliphatic rings. The van der Waals surface area contributed by atoms with E-state index in [1.54, 1.807) is 36.4 Å². The number of carbonyl (C=O) groups is 1. The van der Waals surface area contributed by atoms with Gasteiger partial charge in [-0.05, 0) is 40.8 Å². The highest BCUT2D eigenvalue weighted by Gasteiger charge is 2.16. The van der Waals surface area contributed by atoms with Gasteiger partial charge < -0.3 is 5.73 Å².